The zero-order valence-electron chi connectivity index (χ0n) is 30.8. The average molecular weight is 686 g/mol. The highest BCUT2D eigenvalue weighted by molar-refractivity contribution is 6.12. The van der Waals surface area contributed by atoms with Gasteiger partial charge >= 0.3 is 0 Å². The molecule has 6 aromatic carbocycles. The molecule has 258 valence electrons. The molecule has 1 aliphatic rings. The zero-order chi connectivity index (χ0) is 36.5. The Labute approximate surface area is 312 Å². The number of nitrogens with zero attached hydrogens (tertiary/aromatic N) is 3. The van der Waals surface area contributed by atoms with E-state index in [1.54, 1.807) is 0 Å². The molecule has 53 heavy (non-hydrogen) atoms. The number of para-hydroxylation sites is 3. The number of rotatable bonds is 6. The molecule has 0 N–H and O–H groups in total. The number of allylic oxidation sites excluding steroid dienone is 2. The summed E-state index contributed by atoms with van der Waals surface area (Å²) in [7, 11) is 0. The van der Waals surface area contributed by atoms with Crippen molar-refractivity contribution in [3.63, 3.8) is 0 Å². The van der Waals surface area contributed by atoms with Gasteiger partial charge in [-0.3, -0.25) is 0 Å². The van der Waals surface area contributed by atoms with Crippen LogP contribution in [0.25, 0.3) is 56.2 Å². The van der Waals surface area contributed by atoms with Crippen molar-refractivity contribution in [2.24, 2.45) is 0 Å². The van der Waals surface area contributed by atoms with E-state index in [-0.39, 0.29) is 0 Å². The summed E-state index contributed by atoms with van der Waals surface area (Å²) in [4.78, 5) is 9.35. The van der Waals surface area contributed by atoms with E-state index in [1.807, 2.05) is 48.5 Å². The van der Waals surface area contributed by atoms with Gasteiger partial charge in [0.1, 0.15) is 0 Å². The lowest BCUT2D eigenvalue weighted by atomic mass is 9.62. The highest BCUT2D eigenvalue weighted by atomic mass is 15.0. The molecule has 9 rings (SSSR count). The van der Waals surface area contributed by atoms with Crippen molar-refractivity contribution in [3.05, 3.63) is 203 Å². The summed E-state index contributed by atoms with van der Waals surface area (Å²) >= 11 is 0. The number of fused-ring (bicyclic) bond motifs is 5. The molecule has 0 fully saturated rings. The van der Waals surface area contributed by atoms with Gasteiger partial charge in [-0.1, -0.05) is 165 Å². The number of benzene rings is 6. The fourth-order valence-corrected chi connectivity index (χ4v) is 8.25. The number of hydrogen-bond acceptors (Lipinski definition) is 2. The first-order chi connectivity index (χ1) is 26.0. The first-order valence-corrected chi connectivity index (χ1v) is 18.5. The molecule has 0 spiro atoms. The monoisotopic (exact) mass is 685 g/mol. The molecule has 1 aliphatic heterocycles. The minimum absolute atomic E-state index is 0.428. The van der Waals surface area contributed by atoms with E-state index in [9.17, 15) is 0 Å². The van der Waals surface area contributed by atoms with Crippen LogP contribution in [0.2, 0.25) is 0 Å². The molecule has 8 aromatic rings. The molecule has 0 aliphatic carbocycles. The van der Waals surface area contributed by atoms with Gasteiger partial charge in [-0.05, 0) is 73.2 Å². The minimum atomic E-state index is -0.428. The van der Waals surface area contributed by atoms with Crippen molar-refractivity contribution in [1.29, 1.82) is 0 Å². The number of aryl methyl sites for hydroxylation is 1. The molecule has 0 saturated carbocycles. The SMILES string of the molecule is C=C(C)C1(c2cccc(/C=C/C)c2C)c2ccccc2-n2c3ccccc3c3cccc1c32.CCc1cc(-c2ccccc2)nc(-c2ccccc2)n1. The van der Waals surface area contributed by atoms with Crippen LogP contribution in [0.3, 0.4) is 0 Å². The lowest BCUT2D eigenvalue weighted by molar-refractivity contribution is 0.706. The van der Waals surface area contributed by atoms with Gasteiger partial charge in [0.15, 0.2) is 5.82 Å². The van der Waals surface area contributed by atoms with Gasteiger partial charge in [0.25, 0.3) is 0 Å². The molecule has 2 aromatic heterocycles. The fourth-order valence-electron chi connectivity index (χ4n) is 8.25. The summed E-state index contributed by atoms with van der Waals surface area (Å²) in [5.41, 5.74) is 15.2. The van der Waals surface area contributed by atoms with E-state index in [0.29, 0.717) is 0 Å². The van der Waals surface area contributed by atoms with Gasteiger partial charge < -0.3 is 4.57 Å². The third-order valence-corrected chi connectivity index (χ3v) is 10.7. The van der Waals surface area contributed by atoms with Crippen molar-refractivity contribution in [2.45, 2.75) is 39.5 Å². The largest absolute Gasteiger partial charge is 0.309 e. The lowest BCUT2D eigenvalue weighted by Gasteiger charge is -2.42. The quantitative estimate of drug-likeness (QED) is 0.163. The Kier molecular flexibility index (Phi) is 8.94. The van der Waals surface area contributed by atoms with Gasteiger partial charge in [0, 0.05) is 27.6 Å². The van der Waals surface area contributed by atoms with Gasteiger partial charge in [-0.2, -0.15) is 0 Å². The molecular formula is C50H43N3. The van der Waals surface area contributed by atoms with E-state index < -0.39 is 5.41 Å². The fraction of sp³-hybridized carbons (Fsp3) is 0.120. The second kappa shape index (κ2) is 14.0. The lowest BCUT2D eigenvalue weighted by Crippen LogP contribution is -2.35. The molecule has 0 radical (unpaired) electrons. The van der Waals surface area contributed by atoms with Crippen LogP contribution in [-0.2, 0) is 11.8 Å². The molecule has 3 heterocycles. The molecule has 0 bridgehead atoms. The summed E-state index contributed by atoms with van der Waals surface area (Å²) < 4.78 is 2.46. The van der Waals surface area contributed by atoms with Gasteiger partial charge in [0.2, 0.25) is 0 Å². The molecule has 0 saturated heterocycles. The first-order valence-electron chi connectivity index (χ1n) is 18.5. The molecular weight excluding hydrogens is 643 g/mol. The van der Waals surface area contributed by atoms with Crippen LogP contribution in [0.15, 0.2) is 170 Å². The smallest absolute Gasteiger partial charge is 0.160 e. The summed E-state index contributed by atoms with van der Waals surface area (Å²) in [5, 5.41) is 2.59. The second-order valence-electron chi connectivity index (χ2n) is 13.8. The second-order valence-corrected chi connectivity index (χ2v) is 13.8. The Hall–Kier alpha value is -6.32. The number of hydrogen-bond donors (Lipinski definition) is 0. The highest BCUT2D eigenvalue weighted by Gasteiger charge is 2.45. The van der Waals surface area contributed by atoms with Crippen molar-refractivity contribution in [1.82, 2.24) is 14.5 Å². The number of aromatic nitrogens is 3. The van der Waals surface area contributed by atoms with E-state index in [2.05, 4.69) is 159 Å². The first kappa shape index (κ1) is 33.8. The Bertz CT molecular complexity index is 2590. The Morgan fingerprint density at radius 3 is 2.04 bits per heavy atom. The van der Waals surface area contributed by atoms with Crippen molar-refractivity contribution >= 4 is 27.9 Å². The van der Waals surface area contributed by atoms with Crippen molar-refractivity contribution < 1.29 is 0 Å². The van der Waals surface area contributed by atoms with Crippen LogP contribution in [0.1, 0.15) is 54.3 Å². The Morgan fingerprint density at radius 2 is 1.30 bits per heavy atom. The predicted molar refractivity (Wildman–Crippen MR) is 224 cm³/mol. The van der Waals surface area contributed by atoms with E-state index in [0.717, 1.165) is 40.3 Å². The van der Waals surface area contributed by atoms with Crippen LogP contribution in [0, 0.1) is 6.92 Å². The molecule has 0 amide bonds. The Morgan fingerprint density at radius 1 is 0.679 bits per heavy atom. The van der Waals surface area contributed by atoms with Crippen LogP contribution < -0.4 is 0 Å². The van der Waals surface area contributed by atoms with E-state index in [4.69, 9.17) is 4.98 Å². The highest BCUT2D eigenvalue weighted by Crippen LogP contribution is 2.54. The minimum Gasteiger partial charge on any atom is -0.309 e. The van der Waals surface area contributed by atoms with E-state index >= 15 is 0 Å². The van der Waals surface area contributed by atoms with Gasteiger partial charge in [-0.25, -0.2) is 9.97 Å². The van der Waals surface area contributed by atoms with E-state index in [1.165, 1.54) is 55.3 Å². The third kappa shape index (κ3) is 5.61. The molecule has 1 atom stereocenters. The molecule has 3 heteroatoms. The standard InChI is InChI=1S/C32H27N.C18H16N2/c1-5-12-23-13-10-17-26(22(23)4)32(21(2)3)27-16-7-9-20-30(27)33-29-19-8-6-14-24(29)25-15-11-18-28(32)31(25)33;1-2-16-13-17(14-9-5-3-6-10-14)20-18(19-16)15-11-7-4-8-12-15/h5-20H,2H2,1,3-4H3;3-13H,2H2,1H3/b12-5+;. The van der Waals surface area contributed by atoms with Gasteiger partial charge in [0.05, 0.1) is 27.8 Å². The van der Waals surface area contributed by atoms with Crippen molar-refractivity contribution in [3.8, 4) is 28.3 Å². The predicted octanol–water partition coefficient (Wildman–Crippen LogP) is 12.7. The van der Waals surface area contributed by atoms with Crippen LogP contribution >= 0.6 is 0 Å². The maximum absolute atomic E-state index is 4.71. The van der Waals surface area contributed by atoms with Crippen LogP contribution in [-0.4, -0.2) is 14.5 Å². The zero-order valence-corrected chi connectivity index (χ0v) is 30.8. The molecule has 3 nitrogen and oxygen atoms in total. The Balaban J connectivity index is 0.000000171. The van der Waals surface area contributed by atoms with Crippen LogP contribution in [0.4, 0.5) is 0 Å². The van der Waals surface area contributed by atoms with Crippen molar-refractivity contribution in [2.75, 3.05) is 0 Å². The summed E-state index contributed by atoms with van der Waals surface area (Å²) in [6.45, 7) is 13.3. The topological polar surface area (TPSA) is 30.7 Å². The molecule has 1 unspecified atom stereocenters. The summed E-state index contributed by atoms with van der Waals surface area (Å²) in [5.74, 6) is 0.795. The maximum Gasteiger partial charge on any atom is 0.160 e. The maximum atomic E-state index is 4.71. The summed E-state index contributed by atoms with van der Waals surface area (Å²) in [6.07, 6.45) is 5.23. The van der Waals surface area contributed by atoms with Crippen LogP contribution in [0.5, 0.6) is 0 Å². The summed E-state index contributed by atoms with van der Waals surface area (Å²) in [6, 6.07) is 53.5. The normalized spacial score (nSPS) is 14.6. The third-order valence-electron chi connectivity index (χ3n) is 10.7. The van der Waals surface area contributed by atoms with Gasteiger partial charge in [-0.15, -0.1) is 0 Å². The average Bonchev–Trinajstić information content (AvgIpc) is 3.55.